The molecule has 1 aliphatic rings. The van der Waals surface area contributed by atoms with Crippen molar-refractivity contribution in [2.24, 2.45) is 0 Å². The molecule has 4 heterocycles. The smallest absolute Gasteiger partial charge is 0.358 e. The molecule has 1 aliphatic heterocycles. The van der Waals surface area contributed by atoms with Crippen molar-refractivity contribution in [3.05, 3.63) is 75.6 Å². The Kier molecular flexibility index (Phi) is 9.54. The fourth-order valence-corrected chi connectivity index (χ4v) is 6.85. The highest BCUT2D eigenvalue weighted by atomic mass is 79.9. The molecule has 12 heteroatoms. The minimum Gasteiger partial charge on any atom is -0.455 e. The van der Waals surface area contributed by atoms with Gasteiger partial charge in [-0.1, -0.05) is 43.1 Å². The molecule has 0 N–H and O–H groups in total. The van der Waals surface area contributed by atoms with Gasteiger partial charge in [-0.2, -0.15) is 0 Å². The van der Waals surface area contributed by atoms with Crippen molar-refractivity contribution in [3.63, 3.8) is 0 Å². The number of halogens is 1. The standard InChI is InChI=1S/C32H38BrN5O4SSi/c1-32(2,3)42-30(40)28-23(33)11-12-26(36-28)37-16-14-21-13-15-34-27(22(21)19-37)29(39)38(20-41-17-18-44(4,5)6)31-35-24-9-7-8-10-25(24)43-31/h7-13,15H,14,16-20H2,1-6H3. The van der Waals surface area contributed by atoms with E-state index >= 15 is 0 Å². The van der Waals surface area contributed by atoms with Crippen LogP contribution in [-0.4, -0.2) is 60.4 Å². The summed E-state index contributed by atoms with van der Waals surface area (Å²) in [7, 11) is -1.31. The van der Waals surface area contributed by atoms with E-state index in [2.05, 4.69) is 50.4 Å². The molecule has 0 atom stereocenters. The summed E-state index contributed by atoms with van der Waals surface area (Å²) in [6, 6.07) is 14.5. The topological polar surface area (TPSA) is 97.8 Å². The molecule has 0 bridgehead atoms. The second-order valence-electron chi connectivity index (χ2n) is 13.0. The first-order valence-electron chi connectivity index (χ1n) is 14.7. The second kappa shape index (κ2) is 13.0. The molecule has 0 spiro atoms. The number of hydrogen-bond donors (Lipinski definition) is 0. The summed E-state index contributed by atoms with van der Waals surface area (Å²) in [5.74, 6) is -0.129. The van der Waals surface area contributed by atoms with Crippen molar-refractivity contribution in [1.29, 1.82) is 0 Å². The Balaban J connectivity index is 1.44. The van der Waals surface area contributed by atoms with Crippen LogP contribution in [0.5, 0.6) is 0 Å². The number of pyridine rings is 2. The minimum atomic E-state index is -1.31. The van der Waals surface area contributed by atoms with Gasteiger partial charge in [-0.25, -0.2) is 14.8 Å². The van der Waals surface area contributed by atoms with Gasteiger partial charge in [0.15, 0.2) is 10.8 Å². The van der Waals surface area contributed by atoms with Crippen LogP contribution in [0.1, 0.15) is 52.9 Å². The summed E-state index contributed by atoms with van der Waals surface area (Å²) < 4.78 is 13.2. The first-order chi connectivity index (χ1) is 20.8. The lowest BCUT2D eigenvalue weighted by molar-refractivity contribution is 0.00616. The number of fused-ring (bicyclic) bond motifs is 2. The molecule has 0 saturated heterocycles. The van der Waals surface area contributed by atoms with Crippen molar-refractivity contribution in [2.75, 3.05) is 29.7 Å². The van der Waals surface area contributed by atoms with E-state index in [1.807, 2.05) is 57.2 Å². The van der Waals surface area contributed by atoms with Gasteiger partial charge in [0, 0.05) is 39.5 Å². The third-order valence-corrected chi connectivity index (χ3v) is 10.5. The zero-order valence-corrected chi connectivity index (χ0v) is 29.4. The Morgan fingerprint density at radius 2 is 1.84 bits per heavy atom. The highest BCUT2D eigenvalue weighted by Crippen LogP contribution is 2.32. The van der Waals surface area contributed by atoms with Crippen LogP contribution < -0.4 is 9.80 Å². The maximum atomic E-state index is 14.3. The quantitative estimate of drug-likeness (QED) is 0.0777. The van der Waals surface area contributed by atoms with E-state index < -0.39 is 19.6 Å². The van der Waals surface area contributed by atoms with E-state index in [-0.39, 0.29) is 18.3 Å². The van der Waals surface area contributed by atoms with E-state index in [4.69, 9.17) is 14.5 Å². The van der Waals surface area contributed by atoms with Crippen molar-refractivity contribution in [3.8, 4) is 0 Å². The van der Waals surface area contributed by atoms with Crippen molar-refractivity contribution in [2.45, 2.75) is 65.0 Å². The molecule has 0 saturated carbocycles. The second-order valence-corrected chi connectivity index (χ2v) is 20.5. The molecule has 0 radical (unpaired) electrons. The zero-order chi connectivity index (χ0) is 31.6. The van der Waals surface area contributed by atoms with Crippen LogP contribution in [0.3, 0.4) is 0 Å². The molecular formula is C32H38BrN5O4SSi. The van der Waals surface area contributed by atoms with E-state index in [1.54, 1.807) is 17.2 Å². The number of esters is 1. The maximum Gasteiger partial charge on any atom is 0.358 e. The highest BCUT2D eigenvalue weighted by molar-refractivity contribution is 9.10. The van der Waals surface area contributed by atoms with Gasteiger partial charge >= 0.3 is 5.97 Å². The van der Waals surface area contributed by atoms with Crippen LogP contribution in [0.4, 0.5) is 10.9 Å². The summed E-state index contributed by atoms with van der Waals surface area (Å²) in [5.41, 5.74) is 2.66. The number of ether oxygens (including phenoxy) is 2. The van der Waals surface area contributed by atoms with Crippen LogP contribution in [0.2, 0.25) is 25.7 Å². The van der Waals surface area contributed by atoms with Gasteiger partial charge < -0.3 is 14.4 Å². The van der Waals surface area contributed by atoms with E-state index in [0.29, 0.717) is 47.2 Å². The third-order valence-electron chi connectivity index (χ3n) is 7.08. The Labute approximate surface area is 271 Å². The summed E-state index contributed by atoms with van der Waals surface area (Å²) in [6.07, 6.45) is 2.40. The van der Waals surface area contributed by atoms with Gasteiger partial charge in [-0.05, 0) is 85.1 Å². The highest BCUT2D eigenvalue weighted by Gasteiger charge is 2.30. The molecule has 0 fully saturated rings. The van der Waals surface area contributed by atoms with Crippen LogP contribution in [0.25, 0.3) is 10.2 Å². The summed E-state index contributed by atoms with van der Waals surface area (Å²) in [6.45, 7) is 14.1. The molecule has 0 aliphatic carbocycles. The lowest BCUT2D eigenvalue weighted by Crippen LogP contribution is -2.38. The molecule has 9 nitrogen and oxygen atoms in total. The van der Waals surface area contributed by atoms with Gasteiger partial charge in [0.25, 0.3) is 5.91 Å². The number of rotatable bonds is 9. The van der Waals surface area contributed by atoms with E-state index in [9.17, 15) is 9.59 Å². The fraction of sp³-hybridized carbons (Fsp3) is 0.406. The first-order valence-corrected chi connectivity index (χ1v) is 20.0. The Hall–Kier alpha value is -3.19. The number of hydrogen-bond acceptors (Lipinski definition) is 9. The van der Waals surface area contributed by atoms with Gasteiger partial charge in [-0.15, -0.1) is 0 Å². The monoisotopic (exact) mass is 695 g/mol. The number of anilines is 2. The van der Waals surface area contributed by atoms with Crippen LogP contribution >= 0.6 is 27.3 Å². The number of amides is 1. The number of thiazole rings is 1. The predicted molar refractivity (Wildman–Crippen MR) is 181 cm³/mol. The normalized spacial score (nSPS) is 13.6. The Morgan fingerprint density at radius 3 is 2.57 bits per heavy atom. The lowest BCUT2D eigenvalue weighted by atomic mass is 9.98. The van der Waals surface area contributed by atoms with Gasteiger partial charge in [0.2, 0.25) is 0 Å². The number of carbonyl (C=O) groups is 2. The van der Waals surface area contributed by atoms with Gasteiger partial charge in [-0.3, -0.25) is 14.7 Å². The van der Waals surface area contributed by atoms with Gasteiger partial charge in [0.1, 0.15) is 23.8 Å². The molecule has 4 aromatic rings. The SMILES string of the molecule is CC(C)(C)OC(=O)c1nc(N2CCc3ccnc(C(=O)N(COCC[Si](C)(C)C)c4nc5ccccc5s4)c3C2)ccc1Br. The van der Waals surface area contributed by atoms with Gasteiger partial charge in [0.05, 0.1) is 14.7 Å². The third kappa shape index (κ3) is 7.71. The lowest BCUT2D eigenvalue weighted by Gasteiger charge is -2.31. The summed E-state index contributed by atoms with van der Waals surface area (Å²) >= 11 is 4.91. The first kappa shape index (κ1) is 32.2. The van der Waals surface area contributed by atoms with Crippen LogP contribution in [-0.2, 0) is 22.4 Å². The molecule has 5 rings (SSSR count). The largest absolute Gasteiger partial charge is 0.455 e. The fourth-order valence-electron chi connectivity index (χ4n) is 4.76. The van der Waals surface area contributed by atoms with Crippen molar-refractivity contribution >= 4 is 68.4 Å². The number of carbonyl (C=O) groups excluding carboxylic acids is 2. The Morgan fingerprint density at radius 1 is 1.07 bits per heavy atom. The zero-order valence-electron chi connectivity index (χ0n) is 26.0. The molecule has 1 aromatic carbocycles. The number of para-hydroxylation sites is 1. The molecule has 44 heavy (non-hydrogen) atoms. The average molecular weight is 697 g/mol. The number of benzene rings is 1. The number of aromatic nitrogens is 3. The summed E-state index contributed by atoms with van der Waals surface area (Å²) in [4.78, 5) is 44.9. The molecule has 232 valence electrons. The molecule has 3 aromatic heterocycles. The molecule has 0 unspecified atom stereocenters. The Bertz CT molecular complexity index is 1650. The number of nitrogens with zero attached hydrogens (tertiary/aromatic N) is 5. The van der Waals surface area contributed by atoms with Crippen molar-refractivity contribution < 1.29 is 19.1 Å². The average Bonchev–Trinajstić information content (AvgIpc) is 3.39. The van der Waals surface area contributed by atoms with E-state index in [0.717, 1.165) is 27.4 Å². The van der Waals surface area contributed by atoms with Crippen LogP contribution in [0, 0.1) is 0 Å². The minimum absolute atomic E-state index is 0.0890. The molecule has 1 amide bonds. The van der Waals surface area contributed by atoms with Crippen LogP contribution in [0.15, 0.2) is 53.1 Å². The van der Waals surface area contributed by atoms with Crippen molar-refractivity contribution in [1.82, 2.24) is 15.0 Å². The summed E-state index contributed by atoms with van der Waals surface area (Å²) in [5, 5.41) is 0.577. The van der Waals surface area contributed by atoms with E-state index in [1.165, 1.54) is 11.3 Å². The molecular weight excluding hydrogens is 658 g/mol. The predicted octanol–water partition coefficient (Wildman–Crippen LogP) is 7.33. The maximum absolute atomic E-state index is 14.3.